The van der Waals surface area contributed by atoms with Crippen molar-refractivity contribution in [2.45, 2.75) is 37.0 Å². The number of hydrogen-bond acceptors (Lipinski definition) is 5. The van der Waals surface area contributed by atoms with Gasteiger partial charge in [-0.2, -0.15) is 0 Å². The first-order valence-electron chi connectivity index (χ1n) is 9.48. The van der Waals surface area contributed by atoms with E-state index in [4.69, 9.17) is 0 Å². The molecule has 2 amide bonds. The van der Waals surface area contributed by atoms with Crippen molar-refractivity contribution in [1.29, 1.82) is 0 Å². The molecule has 0 spiro atoms. The number of thioether (sulfide) groups is 1. The Morgan fingerprint density at radius 2 is 1.63 bits per heavy atom. The molecule has 2 heterocycles. The lowest BCUT2D eigenvalue weighted by atomic mass is 9.94. The molecule has 0 bridgehead atoms. The summed E-state index contributed by atoms with van der Waals surface area (Å²) in [5.41, 5.74) is 0.0473. The molecular formula is C19H25N3O4S. The Labute approximate surface area is 163 Å². The maximum atomic E-state index is 12.6. The number of likely N-dealkylation sites (tertiary alicyclic amines) is 2. The van der Waals surface area contributed by atoms with E-state index >= 15 is 0 Å². The van der Waals surface area contributed by atoms with Gasteiger partial charge in [0.15, 0.2) is 0 Å². The van der Waals surface area contributed by atoms with Gasteiger partial charge in [0.05, 0.1) is 10.7 Å². The van der Waals surface area contributed by atoms with Crippen molar-refractivity contribution in [3.63, 3.8) is 0 Å². The minimum Gasteiger partial charge on any atom is -0.342 e. The van der Waals surface area contributed by atoms with Crippen molar-refractivity contribution in [2.75, 3.05) is 31.9 Å². The van der Waals surface area contributed by atoms with Crippen LogP contribution in [0.2, 0.25) is 0 Å². The highest BCUT2D eigenvalue weighted by Crippen LogP contribution is 2.25. The fourth-order valence-corrected chi connectivity index (χ4v) is 4.45. The monoisotopic (exact) mass is 391 g/mol. The van der Waals surface area contributed by atoms with Gasteiger partial charge in [-0.3, -0.25) is 19.7 Å². The second-order valence-corrected chi connectivity index (χ2v) is 8.13. The highest BCUT2D eigenvalue weighted by Gasteiger charge is 2.30. The minimum absolute atomic E-state index is 0.0473. The number of non-ortho nitro benzene ring substituents is 1. The van der Waals surface area contributed by atoms with Crippen LogP contribution >= 0.6 is 11.8 Å². The van der Waals surface area contributed by atoms with Crippen LogP contribution in [0.3, 0.4) is 0 Å². The first-order chi connectivity index (χ1) is 13.0. The molecule has 7 nitrogen and oxygen atoms in total. The summed E-state index contributed by atoms with van der Waals surface area (Å²) in [6, 6.07) is 6.23. The highest BCUT2D eigenvalue weighted by molar-refractivity contribution is 8.00. The number of carbonyl (C=O) groups is 2. The van der Waals surface area contributed by atoms with E-state index < -0.39 is 4.92 Å². The quantitative estimate of drug-likeness (QED) is 0.438. The van der Waals surface area contributed by atoms with Gasteiger partial charge in [-0.15, -0.1) is 11.8 Å². The summed E-state index contributed by atoms with van der Waals surface area (Å²) < 4.78 is 0. The van der Waals surface area contributed by atoms with Crippen molar-refractivity contribution in [1.82, 2.24) is 9.80 Å². The minimum atomic E-state index is -0.436. The summed E-state index contributed by atoms with van der Waals surface area (Å²) in [5.74, 6) is 0.682. The number of piperidine rings is 2. The lowest BCUT2D eigenvalue weighted by Crippen LogP contribution is -2.46. The van der Waals surface area contributed by atoms with Crippen molar-refractivity contribution in [3.05, 3.63) is 34.4 Å². The summed E-state index contributed by atoms with van der Waals surface area (Å²) in [7, 11) is 0. The van der Waals surface area contributed by atoms with Gasteiger partial charge in [-0.25, -0.2) is 0 Å². The first-order valence-corrected chi connectivity index (χ1v) is 10.5. The van der Waals surface area contributed by atoms with Crippen molar-refractivity contribution >= 4 is 29.3 Å². The average molecular weight is 391 g/mol. The zero-order valence-electron chi connectivity index (χ0n) is 15.3. The molecule has 2 aliphatic heterocycles. The van der Waals surface area contributed by atoms with E-state index in [9.17, 15) is 19.7 Å². The number of nitro benzene ring substituents is 1. The Bertz CT molecular complexity index is 681. The number of hydrogen-bond donors (Lipinski definition) is 0. The number of rotatable bonds is 5. The molecule has 2 fully saturated rings. The first kappa shape index (κ1) is 19.7. The molecule has 1 aromatic carbocycles. The summed E-state index contributed by atoms with van der Waals surface area (Å²) >= 11 is 1.38. The SMILES string of the molecule is O=C(CSc1ccc([N+](=O)[O-])cc1)N1CCC(C(=O)N2CCCCC2)CC1. The van der Waals surface area contributed by atoms with Gasteiger partial charge >= 0.3 is 0 Å². The Morgan fingerprint density at radius 1 is 1.00 bits per heavy atom. The van der Waals surface area contributed by atoms with Gasteiger partial charge in [0, 0.05) is 49.1 Å². The standard InChI is InChI=1S/C19H25N3O4S/c23-18(14-27-17-6-4-16(5-7-17)22(25)26)20-12-8-15(9-13-20)19(24)21-10-2-1-3-11-21/h4-7,15H,1-3,8-14H2. The van der Waals surface area contributed by atoms with E-state index in [0.717, 1.165) is 43.7 Å². The van der Waals surface area contributed by atoms with Crippen LogP contribution in [0, 0.1) is 16.0 Å². The average Bonchev–Trinajstić information content (AvgIpc) is 2.72. The van der Waals surface area contributed by atoms with Crippen LogP contribution in [0.15, 0.2) is 29.2 Å². The maximum Gasteiger partial charge on any atom is 0.269 e. The molecule has 0 radical (unpaired) electrons. The third kappa shape index (κ3) is 5.22. The van der Waals surface area contributed by atoms with Gasteiger partial charge < -0.3 is 9.80 Å². The Morgan fingerprint density at radius 3 is 2.22 bits per heavy atom. The molecule has 0 unspecified atom stereocenters. The van der Waals surface area contributed by atoms with Gasteiger partial charge in [0.25, 0.3) is 5.69 Å². The van der Waals surface area contributed by atoms with Gasteiger partial charge in [-0.1, -0.05) is 0 Å². The second kappa shape index (κ2) is 9.21. The molecule has 0 aromatic heterocycles. The number of nitrogens with zero attached hydrogens (tertiary/aromatic N) is 3. The number of carbonyl (C=O) groups excluding carboxylic acids is 2. The van der Waals surface area contributed by atoms with Crippen LogP contribution < -0.4 is 0 Å². The maximum absolute atomic E-state index is 12.6. The van der Waals surface area contributed by atoms with Crippen LogP contribution in [-0.2, 0) is 9.59 Å². The van der Waals surface area contributed by atoms with Gasteiger partial charge in [0.2, 0.25) is 11.8 Å². The summed E-state index contributed by atoms with van der Waals surface area (Å²) in [4.78, 5) is 39.9. The Kier molecular flexibility index (Phi) is 6.71. The van der Waals surface area contributed by atoms with E-state index in [1.165, 1.54) is 30.3 Å². The highest BCUT2D eigenvalue weighted by atomic mass is 32.2. The summed E-state index contributed by atoms with van der Waals surface area (Å²) in [6.45, 7) is 3.02. The van der Waals surface area contributed by atoms with Gasteiger partial charge in [0.1, 0.15) is 0 Å². The molecular weight excluding hydrogens is 366 g/mol. The number of benzene rings is 1. The van der Waals surface area contributed by atoms with E-state index in [2.05, 4.69) is 0 Å². The smallest absolute Gasteiger partial charge is 0.269 e. The molecule has 2 aliphatic rings. The third-order valence-corrected chi connectivity index (χ3v) is 6.27. The topological polar surface area (TPSA) is 83.8 Å². The van der Waals surface area contributed by atoms with E-state index in [1.54, 1.807) is 12.1 Å². The summed E-state index contributed by atoms with van der Waals surface area (Å²) in [6.07, 6.45) is 4.89. The predicted octanol–water partition coefficient (Wildman–Crippen LogP) is 2.94. The van der Waals surface area contributed by atoms with E-state index in [-0.39, 0.29) is 23.4 Å². The normalized spacial score (nSPS) is 18.4. The Hall–Kier alpha value is -2.09. The lowest BCUT2D eigenvalue weighted by Gasteiger charge is -2.35. The molecule has 8 heteroatoms. The van der Waals surface area contributed by atoms with Crippen molar-refractivity contribution in [3.8, 4) is 0 Å². The van der Waals surface area contributed by atoms with Crippen molar-refractivity contribution in [2.24, 2.45) is 5.92 Å². The molecule has 0 saturated carbocycles. The zero-order chi connectivity index (χ0) is 19.2. The van der Waals surface area contributed by atoms with Crippen LogP contribution in [0.1, 0.15) is 32.1 Å². The molecule has 0 N–H and O–H groups in total. The van der Waals surface area contributed by atoms with Crippen LogP contribution in [-0.4, -0.2) is 58.5 Å². The van der Waals surface area contributed by atoms with Crippen LogP contribution in [0.4, 0.5) is 5.69 Å². The summed E-state index contributed by atoms with van der Waals surface area (Å²) in [5, 5.41) is 10.7. The second-order valence-electron chi connectivity index (χ2n) is 7.08. The molecule has 146 valence electrons. The van der Waals surface area contributed by atoms with Crippen molar-refractivity contribution < 1.29 is 14.5 Å². The fraction of sp³-hybridized carbons (Fsp3) is 0.579. The third-order valence-electron chi connectivity index (χ3n) is 5.27. The number of nitro groups is 1. The molecule has 0 aliphatic carbocycles. The molecule has 0 atom stereocenters. The fourth-order valence-electron chi connectivity index (χ4n) is 3.65. The zero-order valence-corrected chi connectivity index (χ0v) is 16.2. The molecule has 1 aromatic rings. The Balaban J connectivity index is 1.42. The lowest BCUT2D eigenvalue weighted by molar-refractivity contribution is -0.384. The molecule has 3 rings (SSSR count). The van der Waals surface area contributed by atoms with Crippen LogP contribution in [0.5, 0.6) is 0 Å². The molecule has 2 saturated heterocycles. The van der Waals surface area contributed by atoms with E-state index in [0.29, 0.717) is 18.8 Å². The predicted molar refractivity (Wildman–Crippen MR) is 104 cm³/mol. The van der Waals surface area contributed by atoms with Gasteiger partial charge in [-0.05, 0) is 44.2 Å². The largest absolute Gasteiger partial charge is 0.342 e. The van der Waals surface area contributed by atoms with E-state index in [1.807, 2.05) is 9.80 Å². The number of amides is 2. The van der Waals surface area contributed by atoms with Crippen LogP contribution in [0.25, 0.3) is 0 Å². The molecule has 27 heavy (non-hydrogen) atoms.